The molecule has 0 aromatic heterocycles. The summed E-state index contributed by atoms with van der Waals surface area (Å²) in [6, 6.07) is 11.1. The first-order chi connectivity index (χ1) is 10.2. The van der Waals surface area contributed by atoms with E-state index in [1.165, 1.54) is 11.1 Å². The lowest BCUT2D eigenvalue weighted by Gasteiger charge is -2.29. The van der Waals surface area contributed by atoms with E-state index in [9.17, 15) is 10.2 Å². The number of phenols is 2. The van der Waals surface area contributed by atoms with E-state index < -0.39 is 0 Å². The molecule has 0 fully saturated rings. The van der Waals surface area contributed by atoms with Gasteiger partial charge in [-0.15, -0.1) is 0 Å². The highest BCUT2D eigenvalue weighted by Gasteiger charge is 2.19. The molecule has 2 aromatic carbocycles. The Morgan fingerprint density at radius 1 is 1.10 bits per heavy atom. The quantitative estimate of drug-likeness (QED) is 0.910. The number of nitrogens with zero attached hydrogens (tertiary/aromatic N) is 1. The van der Waals surface area contributed by atoms with Gasteiger partial charge in [-0.25, -0.2) is 0 Å². The molecule has 2 aromatic rings. The molecule has 0 amide bonds. The van der Waals surface area contributed by atoms with Crippen LogP contribution in [0, 0.1) is 0 Å². The van der Waals surface area contributed by atoms with E-state index in [-0.39, 0.29) is 5.75 Å². The van der Waals surface area contributed by atoms with Gasteiger partial charge < -0.3 is 14.9 Å². The van der Waals surface area contributed by atoms with E-state index in [1.807, 2.05) is 24.3 Å². The Hall–Kier alpha value is -2.20. The summed E-state index contributed by atoms with van der Waals surface area (Å²) in [7, 11) is 1.56. The molecule has 0 saturated heterocycles. The van der Waals surface area contributed by atoms with Crippen molar-refractivity contribution in [3.05, 3.63) is 53.1 Å². The van der Waals surface area contributed by atoms with E-state index in [0.717, 1.165) is 31.6 Å². The van der Waals surface area contributed by atoms with Gasteiger partial charge in [0.25, 0.3) is 0 Å². The number of hydrogen-bond donors (Lipinski definition) is 2. The summed E-state index contributed by atoms with van der Waals surface area (Å²) in [5, 5.41) is 19.7. The number of methoxy groups -OCH3 is 1. The Morgan fingerprint density at radius 2 is 1.90 bits per heavy atom. The van der Waals surface area contributed by atoms with E-state index in [0.29, 0.717) is 11.5 Å². The first-order valence-corrected chi connectivity index (χ1v) is 7.05. The molecular weight excluding hydrogens is 266 g/mol. The van der Waals surface area contributed by atoms with Gasteiger partial charge in [-0.1, -0.05) is 18.2 Å². The summed E-state index contributed by atoms with van der Waals surface area (Å²) in [5.74, 6) is 1.05. The van der Waals surface area contributed by atoms with Crippen LogP contribution in [0.5, 0.6) is 17.2 Å². The molecule has 110 valence electrons. The van der Waals surface area contributed by atoms with Crippen LogP contribution in [0.3, 0.4) is 0 Å². The van der Waals surface area contributed by atoms with Crippen LogP contribution in [0.2, 0.25) is 0 Å². The predicted molar refractivity (Wildman–Crippen MR) is 80.6 cm³/mol. The lowest BCUT2D eigenvalue weighted by atomic mass is 9.98. The number of ether oxygens (including phenoxy) is 1. The second-order valence-electron chi connectivity index (χ2n) is 5.38. The second-order valence-corrected chi connectivity index (χ2v) is 5.38. The molecular formula is C17H19NO3. The molecule has 1 aliphatic rings. The standard InChI is InChI=1S/C17H19NO3/c1-21-17-9-14-11-18(7-6-12(14)8-16(17)20)10-13-4-2-3-5-15(13)19/h2-5,8-9,19-20H,6-7,10-11H2,1H3. The van der Waals surface area contributed by atoms with Crippen LogP contribution >= 0.6 is 0 Å². The molecule has 1 heterocycles. The molecule has 0 spiro atoms. The molecule has 0 unspecified atom stereocenters. The van der Waals surface area contributed by atoms with Crippen molar-refractivity contribution in [2.24, 2.45) is 0 Å². The molecule has 0 saturated carbocycles. The second kappa shape index (κ2) is 5.66. The Morgan fingerprint density at radius 3 is 2.67 bits per heavy atom. The third kappa shape index (κ3) is 2.81. The van der Waals surface area contributed by atoms with Crippen molar-refractivity contribution in [2.75, 3.05) is 13.7 Å². The molecule has 0 bridgehead atoms. The van der Waals surface area contributed by atoms with Gasteiger partial charge in [0.1, 0.15) is 5.75 Å². The number of rotatable bonds is 3. The molecule has 3 rings (SSSR count). The summed E-state index contributed by atoms with van der Waals surface area (Å²) in [4.78, 5) is 2.29. The number of para-hydroxylation sites is 1. The normalized spacial score (nSPS) is 14.7. The first-order valence-electron chi connectivity index (χ1n) is 7.05. The fourth-order valence-electron chi connectivity index (χ4n) is 2.82. The number of aromatic hydroxyl groups is 2. The van der Waals surface area contributed by atoms with E-state index in [4.69, 9.17) is 4.74 Å². The molecule has 21 heavy (non-hydrogen) atoms. The number of benzene rings is 2. The minimum absolute atomic E-state index is 0.199. The highest BCUT2D eigenvalue weighted by molar-refractivity contribution is 5.47. The van der Waals surface area contributed by atoms with Gasteiger partial charge in [0, 0.05) is 25.2 Å². The third-order valence-corrected chi connectivity index (χ3v) is 3.98. The fourth-order valence-corrected chi connectivity index (χ4v) is 2.82. The molecule has 2 N–H and O–H groups in total. The maximum absolute atomic E-state index is 9.88. The van der Waals surface area contributed by atoms with Crippen molar-refractivity contribution in [3.8, 4) is 17.2 Å². The number of fused-ring (bicyclic) bond motifs is 1. The number of hydrogen-bond acceptors (Lipinski definition) is 4. The van der Waals surface area contributed by atoms with Gasteiger partial charge in [-0.3, -0.25) is 4.90 Å². The van der Waals surface area contributed by atoms with E-state index in [1.54, 1.807) is 19.2 Å². The van der Waals surface area contributed by atoms with E-state index >= 15 is 0 Å². The smallest absolute Gasteiger partial charge is 0.160 e. The van der Waals surface area contributed by atoms with Gasteiger partial charge in [0.05, 0.1) is 7.11 Å². The Labute approximate surface area is 124 Å². The van der Waals surface area contributed by atoms with Gasteiger partial charge in [0.15, 0.2) is 11.5 Å². The Kier molecular flexibility index (Phi) is 3.71. The summed E-state index contributed by atoms with van der Waals surface area (Å²) < 4.78 is 5.18. The fraction of sp³-hybridized carbons (Fsp3) is 0.294. The third-order valence-electron chi connectivity index (χ3n) is 3.98. The zero-order valence-corrected chi connectivity index (χ0v) is 12.0. The first kappa shape index (κ1) is 13.8. The van der Waals surface area contributed by atoms with Crippen molar-refractivity contribution in [3.63, 3.8) is 0 Å². The summed E-state index contributed by atoms with van der Waals surface area (Å²) in [6.07, 6.45) is 0.889. The molecule has 1 aliphatic heterocycles. The van der Waals surface area contributed by atoms with Crippen molar-refractivity contribution in [1.29, 1.82) is 0 Å². The maximum Gasteiger partial charge on any atom is 0.160 e. The van der Waals surface area contributed by atoms with Gasteiger partial charge in [-0.05, 0) is 35.7 Å². The highest BCUT2D eigenvalue weighted by Crippen LogP contribution is 2.33. The topological polar surface area (TPSA) is 52.9 Å². The summed E-state index contributed by atoms with van der Waals surface area (Å²) in [5.41, 5.74) is 3.28. The zero-order valence-electron chi connectivity index (χ0n) is 12.0. The SMILES string of the molecule is COc1cc2c(cc1O)CCN(Cc1ccccc1O)C2. The molecule has 0 aliphatic carbocycles. The van der Waals surface area contributed by atoms with Gasteiger partial charge >= 0.3 is 0 Å². The van der Waals surface area contributed by atoms with Crippen molar-refractivity contribution in [1.82, 2.24) is 4.90 Å². The summed E-state index contributed by atoms with van der Waals surface area (Å²) >= 11 is 0. The van der Waals surface area contributed by atoms with Crippen LogP contribution in [-0.4, -0.2) is 28.8 Å². The zero-order chi connectivity index (χ0) is 14.8. The minimum Gasteiger partial charge on any atom is -0.508 e. The average Bonchev–Trinajstić information content (AvgIpc) is 2.49. The Balaban J connectivity index is 1.79. The van der Waals surface area contributed by atoms with Crippen LogP contribution in [0.25, 0.3) is 0 Å². The van der Waals surface area contributed by atoms with Crippen LogP contribution in [0.15, 0.2) is 36.4 Å². The minimum atomic E-state index is 0.199. The lowest BCUT2D eigenvalue weighted by molar-refractivity contribution is 0.241. The highest BCUT2D eigenvalue weighted by atomic mass is 16.5. The molecule has 0 radical (unpaired) electrons. The Bertz CT molecular complexity index is 654. The maximum atomic E-state index is 9.88. The lowest BCUT2D eigenvalue weighted by Crippen LogP contribution is -2.30. The average molecular weight is 285 g/mol. The molecule has 0 atom stereocenters. The predicted octanol–water partition coefficient (Wildman–Crippen LogP) is 2.66. The monoisotopic (exact) mass is 285 g/mol. The van der Waals surface area contributed by atoms with Crippen LogP contribution in [0.4, 0.5) is 0 Å². The van der Waals surface area contributed by atoms with Gasteiger partial charge in [0.2, 0.25) is 0 Å². The van der Waals surface area contributed by atoms with Crippen LogP contribution in [-0.2, 0) is 19.5 Å². The van der Waals surface area contributed by atoms with Crippen molar-refractivity contribution in [2.45, 2.75) is 19.5 Å². The van der Waals surface area contributed by atoms with Crippen LogP contribution in [0.1, 0.15) is 16.7 Å². The number of phenolic OH excluding ortho intramolecular Hbond substituents is 2. The molecule has 4 nitrogen and oxygen atoms in total. The van der Waals surface area contributed by atoms with Crippen LogP contribution < -0.4 is 4.74 Å². The largest absolute Gasteiger partial charge is 0.508 e. The van der Waals surface area contributed by atoms with E-state index in [2.05, 4.69) is 4.90 Å². The van der Waals surface area contributed by atoms with Crippen molar-refractivity contribution >= 4 is 0 Å². The molecule has 4 heteroatoms. The van der Waals surface area contributed by atoms with Crippen molar-refractivity contribution < 1.29 is 14.9 Å². The summed E-state index contributed by atoms with van der Waals surface area (Å²) in [6.45, 7) is 2.42. The van der Waals surface area contributed by atoms with Gasteiger partial charge in [-0.2, -0.15) is 0 Å².